The number of hydrogen-bond donors (Lipinski definition) is 0. The zero-order valence-electron chi connectivity index (χ0n) is 72.6. The molecule has 0 amide bonds. The van der Waals surface area contributed by atoms with Crippen LogP contribution >= 0.6 is 0 Å². The molecule has 11 rings (SSSR count). The van der Waals surface area contributed by atoms with Crippen LogP contribution < -0.4 is 10.7 Å². The fourth-order valence-corrected chi connectivity index (χ4v) is 16.1. The smallest absolute Gasteiger partial charge is 0.223 e. The van der Waals surface area contributed by atoms with E-state index in [1.54, 1.807) is 0 Å². The number of aliphatic imine (C=N–C) groups is 4. The molecule has 0 heterocycles. The topological polar surface area (TPSA) is 120 Å². The molecule has 0 aliphatic heterocycles. The second kappa shape index (κ2) is 54.2. The molecule has 0 aromatic heterocycles. The van der Waals surface area contributed by atoms with E-state index in [0.29, 0.717) is 83.6 Å². The Balaban J connectivity index is 0.000000307. The molecular formula is C98H148Cr2N10O-2. The molecule has 6 aliphatic rings. The molecule has 6 fully saturated rings. The third-order valence-corrected chi connectivity index (χ3v) is 22.7. The van der Waals surface area contributed by atoms with Crippen LogP contribution in [0, 0.1) is 13.1 Å². The van der Waals surface area contributed by atoms with Gasteiger partial charge in [-0.05, 0) is 157 Å². The monoisotopic (exact) mass is 1590 g/mol. The van der Waals surface area contributed by atoms with Crippen LogP contribution in [0.1, 0.15) is 409 Å². The second-order valence-electron chi connectivity index (χ2n) is 34.2. The molecule has 610 valence electrons. The first-order valence-corrected chi connectivity index (χ1v) is 43.9. The Kier molecular flexibility index (Phi) is 47.6. The van der Waals surface area contributed by atoms with Gasteiger partial charge in [-0.3, -0.25) is 30.0 Å². The van der Waals surface area contributed by atoms with Gasteiger partial charge < -0.3 is 25.1 Å². The predicted molar refractivity (Wildman–Crippen MR) is 474 cm³/mol. The average molecular weight is 1590 g/mol. The van der Waals surface area contributed by atoms with Gasteiger partial charge in [0.1, 0.15) is 0 Å². The summed E-state index contributed by atoms with van der Waals surface area (Å²) >= 11 is 0. The van der Waals surface area contributed by atoms with Gasteiger partial charge in [-0.2, -0.15) is 0 Å². The Hall–Kier alpha value is -5.76. The van der Waals surface area contributed by atoms with Crippen molar-refractivity contribution >= 4 is 59.0 Å². The minimum Gasteiger partial charge on any atom is -0.681 e. The molecule has 0 N–H and O–H groups in total. The standard InChI is InChI=1S/C28H44N4.2C26H36N2.2C7H11N.C4H10O.2Cr/c1-5-13-21(14-6-1)29-25-26(30-22-15-7-2-8-16-22)28(32-24-19-11-4-12-20-24)27(25)31-23-17-9-3-10-18-23;2*1-17(2)21-11-9-12-22(18(3)4)25(21)27-15-16-28-26-23(19(5)6)13-10-14-24(26)20(7)8;2*1-8-7-5-3-2-4-6-7;1-3-5-4-2;;/h21-24H,1-20H2;2*9-20H,1-8H3;2*7H,2-6H2;3-4H2,1-2H3;;/q-2;;;;;;;. The van der Waals surface area contributed by atoms with Crippen molar-refractivity contribution in [2.45, 2.75) is 401 Å². The fraction of sp³-hybridized carbons (Fsp3) is 0.653. The number of hydrogen-bond acceptors (Lipinski definition) is 7. The zero-order chi connectivity index (χ0) is 79.0. The maximum Gasteiger partial charge on any atom is 0.223 e. The summed E-state index contributed by atoms with van der Waals surface area (Å²) in [4.78, 5) is 37.1. The van der Waals surface area contributed by atoms with Crippen LogP contribution in [0.5, 0.6) is 0 Å². The molecule has 0 saturated heterocycles. The summed E-state index contributed by atoms with van der Waals surface area (Å²) in [7, 11) is 0. The summed E-state index contributed by atoms with van der Waals surface area (Å²) < 4.78 is 4.83. The van der Waals surface area contributed by atoms with Crippen molar-refractivity contribution in [1.29, 1.82) is 0 Å². The Morgan fingerprint density at radius 3 is 0.694 bits per heavy atom. The van der Waals surface area contributed by atoms with Crippen LogP contribution in [0.25, 0.3) is 20.3 Å². The Labute approximate surface area is 699 Å². The third-order valence-electron chi connectivity index (χ3n) is 22.7. The van der Waals surface area contributed by atoms with Crippen molar-refractivity contribution < 1.29 is 39.5 Å². The minimum atomic E-state index is 0. The Morgan fingerprint density at radius 1 is 0.324 bits per heavy atom. The summed E-state index contributed by atoms with van der Waals surface area (Å²) in [6, 6.07) is 28.7. The van der Waals surface area contributed by atoms with E-state index in [0.717, 1.165) is 83.7 Å². The summed E-state index contributed by atoms with van der Waals surface area (Å²) in [6.45, 7) is 54.7. The van der Waals surface area contributed by atoms with Gasteiger partial charge in [0.05, 0.1) is 45.5 Å². The number of ether oxygens (including phenoxy) is 1. The van der Waals surface area contributed by atoms with E-state index in [2.05, 4.69) is 193 Å². The number of nitrogens with zero attached hydrogens (tertiary/aromatic N) is 10. The van der Waals surface area contributed by atoms with Crippen molar-refractivity contribution in [3.05, 3.63) is 161 Å². The van der Waals surface area contributed by atoms with Gasteiger partial charge in [0.2, 0.25) is 12.1 Å². The second-order valence-corrected chi connectivity index (χ2v) is 34.2. The van der Waals surface area contributed by atoms with Crippen LogP contribution in [-0.4, -0.2) is 74.3 Å². The molecule has 0 bridgehead atoms. The van der Waals surface area contributed by atoms with Crippen LogP contribution in [0.15, 0.2) is 103 Å². The summed E-state index contributed by atoms with van der Waals surface area (Å²) in [6.07, 6.45) is 46.0. The molecule has 6 aliphatic carbocycles. The minimum absolute atomic E-state index is 0. The molecular weight excluding hydrogens is 1440 g/mol. The molecule has 13 heteroatoms. The molecule has 6 saturated carbocycles. The molecule has 5 aromatic carbocycles. The first kappa shape index (κ1) is 97.6. The van der Waals surface area contributed by atoms with E-state index < -0.39 is 0 Å². The Morgan fingerprint density at radius 2 is 0.523 bits per heavy atom. The molecule has 0 atom stereocenters. The van der Waals surface area contributed by atoms with Gasteiger partial charge in [0, 0.05) is 98.5 Å². The number of benzene rings is 4. The van der Waals surface area contributed by atoms with Gasteiger partial charge in [-0.1, -0.05) is 299 Å². The SMILES string of the molecule is C1CCC(N=c2c([N-]C3CCCCC3)c([N-]C3CCCCC3)c2=NC2CCCCC2)CC1.CC(C)c1cccc(C(C)C)c1N=CC=Nc1c(C(C)C)cccc1C(C)C.CC(C)c1cccc(C(C)C)c1N=CC=Nc1c(C(C)C)cccc1C(C)C.CCOCC.[C-]#[N+]C1CCCCC1.[C-]#[N+]C1CCCCC1.[Cr].[Cr]. The van der Waals surface area contributed by atoms with Crippen molar-refractivity contribution in [3.63, 3.8) is 0 Å². The number of rotatable bonds is 22. The molecule has 0 radical (unpaired) electrons. The summed E-state index contributed by atoms with van der Waals surface area (Å²) in [5.74, 6) is 3.53. The van der Waals surface area contributed by atoms with Crippen molar-refractivity contribution in [2.24, 2.45) is 30.0 Å². The fourth-order valence-electron chi connectivity index (χ4n) is 16.1. The van der Waals surface area contributed by atoms with E-state index in [1.165, 1.54) is 211 Å². The summed E-state index contributed by atoms with van der Waals surface area (Å²) in [5.41, 5.74) is 17.0. The van der Waals surface area contributed by atoms with Gasteiger partial charge in [-0.25, -0.2) is 13.1 Å². The molecule has 111 heavy (non-hydrogen) atoms. The van der Waals surface area contributed by atoms with Crippen molar-refractivity contribution in [1.82, 2.24) is 0 Å². The van der Waals surface area contributed by atoms with Crippen LogP contribution in [-0.2, 0) is 39.5 Å². The van der Waals surface area contributed by atoms with Crippen molar-refractivity contribution in [3.8, 4) is 0 Å². The Bertz CT molecular complexity index is 3230. The normalized spacial score (nSPS) is 17.6. The first-order chi connectivity index (χ1) is 52.6. The van der Waals surface area contributed by atoms with Gasteiger partial charge in [-0.15, -0.1) is 23.5 Å². The van der Waals surface area contributed by atoms with Crippen LogP contribution in [0.2, 0.25) is 0 Å². The quantitative estimate of drug-likeness (QED) is 0.0498. The molecule has 0 unspecified atom stereocenters. The maximum atomic E-state index is 6.72. The third kappa shape index (κ3) is 32.8. The van der Waals surface area contributed by atoms with Crippen molar-refractivity contribution in [2.75, 3.05) is 13.2 Å². The van der Waals surface area contributed by atoms with Gasteiger partial charge in [0.15, 0.2) is 0 Å². The molecule has 5 aromatic rings. The van der Waals surface area contributed by atoms with E-state index >= 15 is 0 Å². The first-order valence-electron chi connectivity index (χ1n) is 43.9. The van der Waals surface area contributed by atoms with Crippen LogP contribution in [0.4, 0.5) is 34.1 Å². The van der Waals surface area contributed by atoms with E-state index in [4.69, 9.17) is 58.5 Å². The average Bonchev–Trinajstić information content (AvgIpc) is 0.749. The van der Waals surface area contributed by atoms with E-state index in [9.17, 15) is 0 Å². The molecule has 0 spiro atoms. The summed E-state index contributed by atoms with van der Waals surface area (Å²) in [5, 5.41) is 13.0. The molecule has 11 nitrogen and oxygen atoms in total. The van der Waals surface area contributed by atoms with Crippen LogP contribution in [0.3, 0.4) is 0 Å². The van der Waals surface area contributed by atoms with Gasteiger partial charge in [0.25, 0.3) is 0 Å². The maximum absolute atomic E-state index is 6.72. The largest absolute Gasteiger partial charge is 0.681 e. The van der Waals surface area contributed by atoms with Gasteiger partial charge >= 0.3 is 0 Å². The van der Waals surface area contributed by atoms with E-state index in [-0.39, 0.29) is 34.7 Å². The van der Waals surface area contributed by atoms with E-state index in [1.807, 2.05) is 38.7 Å². The number of para-hydroxylation sites is 4. The zero-order valence-corrected chi connectivity index (χ0v) is 75.2. The predicted octanol–water partition coefficient (Wildman–Crippen LogP) is 29.8.